The molecule has 5 nitrogen and oxygen atoms in total. The van der Waals surface area contributed by atoms with Crippen molar-refractivity contribution in [2.45, 2.75) is 25.9 Å². The van der Waals surface area contributed by atoms with Gasteiger partial charge in [0.25, 0.3) is 5.91 Å². The zero-order valence-electron chi connectivity index (χ0n) is 8.45. The highest BCUT2D eigenvalue weighted by atomic mass is 32.1. The lowest BCUT2D eigenvalue weighted by Gasteiger charge is -2.07. The Bertz CT molecular complexity index is 352. The zero-order chi connectivity index (χ0) is 10.8. The monoisotopic (exact) mass is 227 g/mol. The Kier molecular flexibility index (Phi) is 2.88. The highest BCUT2D eigenvalue weighted by Crippen LogP contribution is 2.25. The molecule has 6 heteroatoms. The van der Waals surface area contributed by atoms with Crippen molar-refractivity contribution in [3.8, 4) is 0 Å². The first-order chi connectivity index (χ1) is 7.16. The number of nitrogens with two attached hydrogens (primary N) is 1. The van der Waals surface area contributed by atoms with Crippen LogP contribution in [0.1, 0.15) is 18.5 Å². The quantitative estimate of drug-likeness (QED) is 0.794. The fourth-order valence-electron chi connectivity index (χ4n) is 1.43. The van der Waals surface area contributed by atoms with Gasteiger partial charge in [0, 0.05) is 6.61 Å². The van der Waals surface area contributed by atoms with Crippen LogP contribution in [0.5, 0.6) is 0 Å². The summed E-state index contributed by atoms with van der Waals surface area (Å²) in [5.41, 5.74) is 6.40. The number of aryl methyl sites for hydroxylation is 1. The second-order valence-corrected chi connectivity index (χ2v) is 4.49. The van der Waals surface area contributed by atoms with E-state index in [1.165, 1.54) is 11.3 Å². The smallest absolute Gasteiger partial charge is 0.255 e. The van der Waals surface area contributed by atoms with Gasteiger partial charge >= 0.3 is 0 Å². The fraction of sp³-hybridized carbons (Fsp3) is 0.556. The Labute approximate surface area is 91.6 Å². The van der Waals surface area contributed by atoms with Gasteiger partial charge in [0.15, 0.2) is 5.13 Å². The van der Waals surface area contributed by atoms with Gasteiger partial charge in [-0.05, 0) is 19.8 Å². The van der Waals surface area contributed by atoms with E-state index < -0.39 is 0 Å². The molecule has 0 radical (unpaired) electrons. The van der Waals surface area contributed by atoms with E-state index in [1.54, 1.807) is 0 Å². The van der Waals surface area contributed by atoms with Crippen molar-refractivity contribution < 1.29 is 9.53 Å². The maximum absolute atomic E-state index is 11.6. The number of hydrogen-bond donors (Lipinski definition) is 2. The number of nitrogen functional groups attached to an aromatic ring is 1. The van der Waals surface area contributed by atoms with Crippen LogP contribution in [-0.4, -0.2) is 23.6 Å². The van der Waals surface area contributed by atoms with E-state index in [0.717, 1.165) is 18.5 Å². The van der Waals surface area contributed by atoms with Gasteiger partial charge in [-0.15, -0.1) is 0 Å². The Balaban J connectivity index is 1.99. The average Bonchev–Trinajstić information content (AvgIpc) is 2.77. The van der Waals surface area contributed by atoms with Crippen molar-refractivity contribution in [2.75, 3.05) is 17.7 Å². The Morgan fingerprint density at radius 3 is 3.07 bits per heavy atom. The highest BCUT2D eigenvalue weighted by Gasteiger charge is 2.24. The van der Waals surface area contributed by atoms with E-state index in [-0.39, 0.29) is 12.0 Å². The number of carbonyl (C=O) groups excluding carboxylic acids is 1. The molecular formula is C9H13N3O2S. The minimum atomic E-state index is -0.324. The minimum Gasteiger partial charge on any atom is -0.389 e. The van der Waals surface area contributed by atoms with E-state index >= 15 is 0 Å². The van der Waals surface area contributed by atoms with Crippen LogP contribution in [0.15, 0.2) is 0 Å². The van der Waals surface area contributed by atoms with Crippen LogP contribution >= 0.6 is 11.3 Å². The summed E-state index contributed by atoms with van der Waals surface area (Å²) in [5, 5.41) is 3.89. The number of rotatable bonds is 2. The van der Waals surface area contributed by atoms with Crippen molar-refractivity contribution in [3.63, 3.8) is 0 Å². The van der Waals surface area contributed by atoms with Crippen molar-refractivity contribution in [1.29, 1.82) is 0 Å². The molecule has 3 N–H and O–H groups in total. The molecule has 1 fully saturated rings. The Hall–Kier alpha value is -1.14. The van der Waals surface area contributed by atoms with Crippen LogP contribution in [0, 0.1) is 6.92 Å². The van der Waals surface area contributed by atoms with Crippen molar-refractivity contribution in [2.24, 2.45) is 0 Å². The zero-order valence-corrected chi connectivity index (χ0v) is 9.26. The van der Waals surface area contributed by atoms with Gasteiger partial charge < -0.3 is 10.5 Å². The second kappa shape index (κ2) is 4.16. The third-order valence-corrected chi connectivity index (χ3v) is 3.19. The summed E-state index contributed by atoms with van der Waals surface area (Å²) < 4.78 is 5.26. The largest absolute Gasteiger partial charge is 0.389 e. The maximum atomic E-state index is 11.6. The highest BCUT2D eigenvalue weighted by molar-refractivity contribution is 7.19. The molecule has 1 aromatic rings. The number of hydrogen-bond acceptors (Lipinski definition) is 5. The lowest BCUT2D eigenvalue weighted by Crippen LogP contribution is -2.26. The number of carbonyl (C=O) groups is 1. The normalized spacial score (nSPS) is 20.5. The third kappa shape index (κ3) is 2.27. The van der Waals surface area contributed by atoms with E-state index in [1.807, 2.05) is 6.92 Å². The lowest BCUT2D eigenvalue weighted by atomic mass is 10.2. The molecule has 0 saturated carbocycles. The standard InChI is InChI=1S/C9H13N3O2S/c1-5-7(10)15-9(11-5)12-8(13)6-3-2-4-14-6/h6H,2-4,10H2,1H3,(H,11,12,13). The minimum absolute atomic E-state index is 0.124. The summed E-state index contributed by atoms with van der Waals surface area (Å²) in [6, 6.07) is 0. The first-order valence-corrected chi connectivity index (χ1v) is 5.64. The molecule has 0 aromatic carbocycles. The van der Waals surface area contributed by atoms with Crippen LogP contribution in [0.2, 0.25) is 0 Å². The first-order valence-electron chi connectivity index (χ1n) is 4.82. The summed E-state index contributed by atoms with van der Waals surface area (Å²) >= 11 is 1.28. The molecule has 0 bridgehead atoms. The molecule has 15 heavy (non-hydrogen) atoms. The predicted molar refractivity (Wildman–Crippen MR) is 58.9 cm³/mol. The van der Waals surface area contributed by atoms with Gasteiger partial charge in [-0.2, -0.15) is 0 Å². The van der Waals surface area contributed by atoms with Gasteiger partial charge in [-0.1, -0.05) is 11.3 Å². The van der Waals surface area contributed by atoms with Crippen LogP contribution in [0.25, 0.3) is 0 Å². The molecular weight excluding hydrogens is 214 g/mol. The van der Waals surface area contributed by atoms with Gasteiger partial charge in [-0.3, -0.25) is 10.1 Å². The molecule has 1 amide bonds. The summed E-state index contributed by atoms with van der Waals surface area (Å²) in [6.45, 7) is 2.48. The predicted octanol–water partition coefficient (Wildman–Crippen LogP) is 1.15. The number of anilines is 2. The molecule has 2 rings (SSSR count). The molecule has 0 spiro atoms. The average molecular weight is 227 g/mol. The molecule has 1 aliphatic heterocycles. The van der Waals surface area contributed by atoms with Crippen LogP contribution in [-0.2, 0) is 9.53 Å². The number of aromatic nitrogens is 1. The number of thiazole rings is 1. The third-order valence-electron chi connectivity index (χ3n) is 2.28. The van der Waals surface area contributed by atoms with E-state index in [2.05, 4.69) is 10.3 Å². The van der Waals surface area contributed by atoms with Gasteiger partial charge in [-0.25, -0.2) is 4.98 Å². The van der Waals surface area contributed by atoms with Crippen LogP contribution in [0.4, 0.5) is 10.1 Å². The molecule has 1 aromatic heterocycles. The van der Waals surface area contributed by atoms with Crippen molar-refractivity contribution in [1.82, 2.24) is 4.98 Å². The number of amides is 1. The molecule has 1 aliphatic rings. The van der Waals surface area contributed by atoms with Gasteiger partial charge in [0.1, 0.15) is 11.1 Å². The summed E-state index contributed by atoms with van der Waals surface area (Å²) in [4.78, 5) is 15.8. The molecule has 0 aliphatic carbocycles. The van der Waals surface area contributed by atoms with E-state index in [0.29, 0.717) is 16.7 Å². The summed E-state index contributed by atoms with van der Waals surface area (Å²) in [5.74, 6) is -0.124. The Morgan fingerprint density at radius 2 is 2.53 bits per heavy atom. The van der Waals surface area contributed by atoms with E-state index in [9.17, 15) is 4.79 Å². The van der Waals surface area contributed by atoms with Crippen molar-refractivity contribution >= 4 is 27.4 Å². The second-order valence-electron chi connectivity index (χ2n) is 3.46. The van der Waals surface area contributed by atoms with Crippen LogP contribution < -0.4 is 11.1 Å². The first kappa shape index (κ1) is 10.4. The van der Waals surface area contributed by atoms with Gasteiger partial charge in [0.05, 0.1) is 5.69 Å². The van der Waals surface area contributed by atoms with E-state index in [4.69, 9.17) is 10.5 Å². The fourth-order valence-corrected chi connectivity index (χ4v) is 2.17. The molecule has 1 atom stereocenters. The summed E-state index contributed by atoms with van der Waals surface area (Å²) in [7, 11) is 0. The van der Waals surface area contributed by atoms with Crippen molar-refractivity contribution in [3.05, 3.63) is 5.69 Å². The van der Waals surface area contributed by atoms with Gasteiger partial charge in [0.2, 0.25) is 0 Å². The number of ether oxygens (including phenoxy) is 1. The summed E-state index contributed by atoms with van der Waals surface area (Å²) in [6.07, 6.45) is 1.40. The van der Waals surface area contributed by atoms with Crippen LogP contribution in [0.3, 0.4) is 0 Å². The molecule has 1 unspecified atom stereocenters. The lowest BCUT2D eigenvalue weighted by molar-refractivity contribution is -0.124. The Morgan fingerprint density at radius 1 is 1.73 bits per heavy atom. The SMILES string of the molecule is Cc1nc(NC(=O)C2CCCO2)sc1N. The topological polar surface area (TPSA) is 77.2 Å². The number of nitrogens with zero attached hydrogens (tertiary/aromatic N) is 1. The number of nitrogens with one attached hydrogen (secondary N) is 1. The molecule has 2 heterocycles. The molecule has 1 saturated heterocycles. The maximum Gasteiger partial charge on any atom is 0.255 e. The molecule has 82 valence electrons.